The van der Waals surface area contributed by atoms with Crippen molar-refractivity contribution < 1.29 is 4.79 Å². The molecule has 2 bridgehead atoms. The van der Waals surface area contributed by atoms with Crippen LogP contribution in [0.4, 0.5) is 0 Å². The number of aromatic nitrogens is 1. The second-order valence-corrected chi connectivity index (χ2v) is 6.07. The fourth-order valence-corrected chi connectivity index (χ4v) is 3.41. The first-order chi connectivity index (χ1) is 8.25. The average molecular weight is 345 g/mol. The van der Waals surface area contributed by atoms with Gasteiger partial charge in [-0.3, -0.25) is 4.79 Å². The Morgan fingerprint density at radius 1 is 1.35 bits per heavy atom. The van der Waals surface area contributed by atoms with Crippen molar-refractivity contribution in [1.82, 2.24) is 15.2 Å². The van der Waals surface area contributed by atoms with Crippen LogP contribution in [0.3, 0.4) is 0 Å². The molecule has 3 heterocycles. The van der Waals surface area contributed by atoms with Crippen LogP contribution in [-0.2, 0) is 0 Å². The molecule has 2 unspecified atom stereocenters. The van der Waals surface area contributed by atoms with Crippen LogP contribution in [0.1, 0.15) is 29.8 Å². The van der Waals surface area contributed by atoms with Gasteiger partial charge in [0.2, 0.25) is 0 Å². The van der Waals surface area contributed by atoms with Gasteiger partial charge in [0.1, 0.15) is 5.69 Å². The Morgan fingerprint density at radius 2 is 2.18 bits per heavy atom. The highest BCUT2D eigenvalue weighted by Gasteiger charge is 2.38. The number of aromatic amines is 1. The van der Waals surface area contributed by atoms with Gasteiger partial charge in [0.25, 0.3) is 5.91 Å². The van der Waals surface area contributed by atoms with Gasteiger partial charge in [0, 0.05) is 28.4 Å². The van der Waals surface area contributed by atoms with Gasteiger partial charge in [0.15, 0.2) is 0 Å². The topological polar surface area (TPSA) is 48.1 Å². The molecule has 2 N–H and O–H groups in total. The number of hydrogen-bond donors (Lipinski definition) is 2. The first kappa shape index (κ1) is 11.5. The molecule has 2 saturated heterocycles. The summed E-state index contributed by atoms with van der Waals surface area (Å²) >= 11 is 2.22. The molecule has 4 nitrogen and oxygen atoms in total. The number of fused-ring (bicyclic) bond motifs is 2. The van der Waals surface area contributed by atoms with Gasteiger partial charge in [-0.05, 0) is 54.5 Å². The summed E-state index contributed by atoms with van der Waals surface area (Å²) in [5.74, 6) is 0.170. The van der Waals surface area contributed by atoms with Gasteiger partial charge in [-0.25, -0.2) is 0 Å². The smallest absolute Gasteiger partial charge is 0.270 e. The van der Waals surface area contributed by atoms with Crippen molar-refractivity contribution in [2.24, 2.45) is 0 Å². The fraction of sp³-hybridized carbons (Fsp3) is 0.583. The van der Waals surface area contributed by atoms with Crippen LogP contribution in [0, 0.1) is 3.57 Å². The zero-order chi connectivity index (χ0) is 11.8. The lowest BCUT2D eigenvalue weighted by Gasteiger charge is -2.27. The van der Waals surface area contributed by atoms with Gasteiger partial charge in [0.05, 0.1) is 0 Å². The van der Waals surface area contributed by atoms with E-state index in [-0.39, 0.29) is 5.91 Å². The minimum atomic E-state index is 0.170. The maximum absolute atomic E-state index is 12.5. The van der Waals surface area contributed by atoms with Crippen LogP contribution in [0.5, 0.6) is 0 Å². The lowest BCUT2D eigenvalue weighted by molar-refractivity contribution is 0.0675. The molecule has 0 radical (unpaired) electrons. The Kier molecular flexibility index (Phi) is 3.12. The van der Waals surface area contributed by atoms with Gasteiger partial charge in [-0.1, -0.05) is 0 Å². The second-order valence-electron chi connectivity index (χ2n) is 4.82. The van der Waals surface area contributed by atoms with E-state index in [1.807, 2.05) is 12.3 Å². The molecule has 1 aromatic rings. The third-order valence-corrected chi connectivity index (χ3v) is 4.39. The average Bonchev–Trinajstić information content (AvgIpc) is 2.81. The highest BCUT2D eigenvalue weighted by molar-refractivity contribution is 14.1. The number of nitrogens with zero attached hydrogens (tertiary/aromatic N) is 1. The normalized spacial score (nSPS) is 28.2. The number of hydrogen-bond acceptors (Lipinski definition) is 2. The lowest BCUT2D eigenvalue weighted by Crippen LogP contribution is -2.42. The van der Waals surface area contributed by atoms with Crippen molar-refractivity contribution >= 4 is 28.5 Å². The van der Waals surface area contributed by atoms with E-state index in [1.54, 1.807) is 0 Å². The van der Waals surface area contributed by atoms with Crippen LogP contribution in [-0.4, -0.2) is 41.0 Å². The summed E-state index contributed by atoms with van der Waals surface area (Å²) in [5, 5.41) is 3.41. The second kappa shape index (κ2) is 4.61. The van der Waals surface area contributed by atoms with Crippen LogP contribution in [0.25, 0.3) is 0 Å². The first-order valence-corrected chi connectivity index (χ1v) is 7.21. The van der Waals surface area contributed by atoms with Gasteiger partial charge in [-0.15, -0.1) is 0 Å². The molecular formula is C12H16IN3O. The molecule has 1 amide bonds. The van der Waals surface area contributed by atoms with E-state index in [0.29, 0.717) is 12.1 Å². The fourth-order valence-electron chi connectivity index (χ4n) is 2.94. The summed E-state index contributed by atoms with van der Waals surface area (Å²) in [4.78, 5) is 17.7. The number of halogens is 1. The summed E-state index contributed by atoms with van der Waals surface area (Å²) in [6, 6.07) is 2.75. The highest BCUT2D eigenvalue weighted by Crippen LogP contribution is 2.29. The molecule has 0 aromatic carbocycles. The summed E-state index contributed by atoms with van der Waals surface area (Å²) < 4.78 is 1.09. The Morgan fingerprint density at radius 3 is 2.94 bits per heavy atom. The molecule has 2 aliphatic heterocycles. The van der Waals surface area contributed by atoms with Gasteiger partial charge < -0.3 is 15.2 Å². The van der Waals surface area contributed by atoms with E-state index < -0.39 is 0 Å². The summed E-state index contributed by atoms with van der Waals surface area (Å²) in [6.07, 6.45) is 5.27. The molecule has 92 valence electrons. The molecule has 2 fully saturated rings. The van der Waals surface area contributed by atoms with Crippen molar-refractivity contribution in [3.05, 3.63) is 21.5 Å². The largest absolute Gasteiger partial charge is 0.356 e. The number of H-pyrrole nitrogens is 1. The maximum Gasteiger partial charge on any atom is 0.270 e. The highest BCUT2D eigenvalue weighted by atomic mass is 127. The minimum Gasteiger partial charge on any atom is -0.356 e. The van der Waals surface area contributed by atoms with E-state index in [2.05, 4.69) is 37.8 Å². The van der Waals surface area contributed by atoms with Crippen molar-refractivity contribution in [2.75, 3.05) is 13.1 Å². The maximum atomic E-state index is 12.5. The molecule has 5 heteroatoms. The van der Waals surface area contributed by atoms with Gasteiger partial charge >= 0.3 is 0 Å². The Balaban J connectivity index is 1.85. The number of amides is 1. The van der Waals surface area contributed by atoms with Crippen LogP contribution in [0.2, 0.25) is 0 Å². The molecule has 0 aliphatic carbocycles. The Labute approximate surface area is 114 Å². The predicted octanol–water partition coefficient (Wildman–Crippen LogP) is 1.59. The predicted molar refractivity (Wildman–Crippen MR) is 74.0 cm³/mol. The molecule has 2 aliphatic rings. The van der Waals surface area contributed by atoms with E-state index in [4.69, 9.17) is 0 Å². The summed E-state index contributed by atoms with van der Waals surface area (Å²) in [6.45, 7) is 1.98. The quantitative estimate of drug-likeness (QED) is 0.760. The van der Waals surface area contributed by atoms with E-state index in [9.17, 15) is 4.79 Å². The molecule has 0 saturated carbocycles. The molecule has 17 heavy (non-hydrogen) atoms. The zero-order valence-corrected chi connectivity index (χ0v) is 11.7. The van der Waals surface area contributed by atoms with E-state index in [0.717, 1.165) is 41.6 Å². The minimum absolute atomic E-state index is 0.170. The monoisotopic (exact) mass is 345 g/mol. The van der Waals surface area contributed by atoms with E-state index in [1.165, 1.54) is 0 Å². The standard InChI is InChI=1S/C12H16IN3O/c13-8-5-11(15-6-8)12(17)16-9-1-2-10(16)7-14-4-3-9/h5-6,9-10,14-15H,1-4,7H2. The Hall–Kier alpha value is -0.560. The SMILES string of the molecule is O=C(c1cc(I)c[nH]1)N1C2CCNCC1CC2. The number of carbonyl (C=O) groups excluding carboxylic acids is 1. The number of nitrogens with one attached hydrogen (secondary N) is 2. The molecule has 1 aromatic heterocycles. The number of carbonyl (C=O) groups is 1. The zero-order valence-electron chi connectivity index (χ0n) is 9.58. The van der Waals surface area contributed by atoms with E-state index >= 15 is 0 Å². The molecule has 3 rings (SSSR count). The first-order valence-electron chi connectivity index (χ1n) is 6.13. The Bertz CT molecular complexity index is 417. The number of rotatable bonds is 1. The van der Waals surface area contributed by atoms with Crippen LogP contribution >= 0.6 is 22.6 Å². The van der Waals surface area contributed by atoms with Crippen molar-refractivity contribution in [3.63, 3.8) is 0 Å². The summed E-state index contributed by atoms with van der Waals surface area (Å²) in [7, 11) is 0. The van der Waals surface area contributed by atoms with Crippen LogP contribution < -0.4 is 5.32 Å². The third-order valence-electron chi connectivity index (χ3n) is 3.77. The van der Waals surface area contributed by atoms with Crippen molar-refractivity contribution in [2.45, 2.75) is 31.3 Å². The van der Waals surface area contributed by atoms with Crippen molar-refractivity contribution in [1.29, 1.82) is 0 Å². The lowest BCUT2D eigenvalue weighted by atomic mass is 10.1. The third kappa shape index (κ3) is 2.10. The molecule has 2 atom stereocenters. The van der Waals surface area contributed by atoms with Gasteiger partial charge in [-0.2, -0.15) is 0 Å². The summed E-state index contributed by atoms with van der Waals surface area (Å²) in [5.41, 5.74) is 0.730. The van der Waals surface area contributed by atoms with Crippen molar-refractivity contribution in [3.8, 4) is 0 Å². The van der Waals surface area contributed by atoms with Crippen LogP contribution in [0.15, 0.2) is 12.3 Å². The molecular weight excluding hydrogens is 329 g/mol. The molecule has 0 spiro atoms.